The van der Waals surface area contributed by atoms with Crippen LogP contribution in [0.2, 0.25) is 0 Å². The second-order valence-electron chi connectivity index (χ2n) is 11.5. The van der Waals surface area contributed by atoms with Crippen LogP contribution in [0.5, 0.6) is 5.75 Å². The number of phenols is 1. The average molecular weight is 578 g/mol. The van der Waals surface area contributed by atoms with Crippen molar-refractivity contribution in [2.45, 2.75) is 37.0 Å². The molecule has 0 heterocycles. The van der Waals surface area contributed by atoms with E-state index in [0.717, 1.165) is 0 Å². The molecule has 0 spiro atoms. The zero-order valence-corrected chi connectivity index (χ0v) is 23.1. The third-order valence-electron chi connectivity index (χ3n) is 8.92. The second kappa shape index (κ2) is 10.1. The van der Waals surface area contributed by atoms with Gasteiger partial charge in [0.1, 0.15) is 11.9 Å². The van der Waals surface area contributed by atoms with Crippen LogP contribution in [0.15, 0.2) is 42.5 Å². The zero-order chi connectivity index (χ0) is 30.8. The summed E-state index contributed by atoms with van der Waals surface area (Å²) in [5, 5.41) is 22.6. The summed E-state index contributed by atoms with van der Waals surface area (Å²) < 4.78 is 5.97. The fraction of sp³-hybridized carbons (Fsp3) is 0.400. The number of nitrogens with two attached hydrogens (primary N) is 2. The lowest BCUT2D eigenvalue weighted by atomic mass is 9.49. The van der Waals surface area contributed by atoms with Gasteiger partial charge in [-0.1, -0.05) is 31.2 Å². The first kappa shape index (κ1) is 29.1. The van der Waals surface area contributed by atoms with E-state index < -0.39 is 88.1 Å². The van der Waals surface area contributed by atoms with Crippen molar-refractivity contribution < 1.29 is 43.7 Å². The lowest BCUT2D eigenvalue weighted by molar-refractivity contribution is -0.205. The molecule has 3 aliphatic rings. The van der Waals surface area contributed by atoms with Crippen LogP contribution in [-0.2, 0) is 35.1 Å². The SMILES string of the molecule is CC1c2cccc(O)c2C(=O)C2C(=O)C3(O)C(=O)C(C(N)=O)C(=O)C(N(C)C)C3C(OC(=O)Cc3ccc(N)cc3)C21. The molecule has 3 aliphatic carbocycles. The Kier molecular flexibility index (Phi) is 7.02. The minimum absolute atomic E-state index is 0.149. The van der Waals surface area contributed by atoms with Crippen molar-refractivity contribution in [1.29, 1.82) is 0 Å². The number of benzene rings is 2. The number of fused-ring (bicyclic) bond motifs is 3. The highest BCUT2D eigenvalue weighted by molar-refractivity contribution is 6.32. The van der Waals surface area contributed by atoms with Crippen LogP contribution < -0.4 is 11.5 Å². The summed E-state index contributed by atoms with van der Waals surface area (Å²) in [6, 6.07) is 9.33. The Morgan fingerprint density at radius 2 is 1.67 bits per heavy atom. The van der Waals surface area contributed by atoms with Crippen molar-refractivity contribution >= 4 is 40.7 Å². The first-order chi connectivity index (χ1) is 19.7. The molecule has 0 aromatic heterocycles. The van der Waals surface area contributed by atoms with Crippen LogP contribution in [-0.4, -0.2) is 82.0 Å². The van der Waals surface area contributed by atoms with Gasteiger partial charge in [0.15, 0.2) is 34.7 Å². The largest absolute Gasteiger partial charge is 0.507 e. The number of primary amides is 1. The Labute approximate surface area is 240 Å². The summed E-state index contributed by atoms with van der Waals surface area (Å²) in [6.45, 7) is 1.67. The van der Waals surface area contributed by atoms with Gasteiger partial charge in [0, 0.05) is 11.6 Å². The normalized spacial score (nSPS) is 32.2. The fourth-order valence-electron chi connectivity index (χ4n) is 7.06. The molecule has 5 rings (SSSR count). The van der Waals surface area contributed by atoms with E-state index in [2.05, 4.69) is 0 Å². The molecule has 0 bridgehead atoms. The highest BCUT2D eigenvalue weighted by Gasteiger charge is 2.74. The number of amides is 1. The number of aliphatic hydroxyl groups is 1. The van der Waals surface area contributed by atoms with Crippen molar-refractivity contribution in [3.8, 4) is 5.75 Å². The smallest absolute Gasteiger partial charge is 0.310 e. The van der Waals surface area contributed by atoms with E-state index in [-0.39, 0.29) is 12.0 Å². The molecule has 2 aromatic rings. The predicted molar refractivity (Wildman–Crippen MR) is 146 cm³/mol. The summed E-state index contributed by atoms with van der Waals surface area (Å²) in [7, 11) is 2.90. The maximum atomic E-state index is 14.2. The monoisotopic (exact) mass is 577 g/mol. The molecule has 8 unspecified atom stereocenters. The number of nitrogens with zero attached hydrogens (tertiary/aromatic N) is 1. The van der Waals surface area contributed by atoms with Gasteiger partial charge in [-0.05, 0) is 49.3 Å². The number of Topliss-reactive ketones (excluding diaryl/α,β-unsaturated/α-hetero) is 4. The number of ketones is 4. The number of hydrogen-bond acceptors (Lipinski definition) is 11. The molecular weight excluding hydrogens is 546 g/mol. The van der Waals surface area contributed by atoms with E-state index in [1.807, 2.05) is 0 Å². The molecule has 2 aromatic carbocycles. The van der Waals surface area contributed by atoms with Gasteiger partial charge in [0.2, 0.25) is 5.91 Å². The number of esters is 1. The van der Waals surface area contributed by atoms with Crippen LogP contribution in [0.1, 0.15) is 34.3 Å². The Morgan fingerprint density at radius 3 is 2.26 bits per heavy atom. The molecule has 2 saturated carbocycles. The first-order valence-electron chi connectivity index (χ1n) is 13.4. The van der Waals surface area contributed by atoms with Gasteiger partial charge in [-0.15, -0.1) is 0 Å². The number of anilines is 1. The van der Waals surface area contributed by atoms with Crippen LogP contribution in [0, 0.1) is 23.7 Å². The number of ether oxygens (including phenoxy) is 1. The molecule has 0 radical (unpaired) electrons. The third kappa shape index (κ3) is 4.12. The number of rotatable bonds is 5. The van der Waals surface area contributed by atoms with Gasteiger partial charge >= 0.3 is 5.97 Å². The van der Waals surface area contributed by atoms with Gasteiger partial charge < -0.3 is 26.4 Å². The molecule has 8 atom stereocenters. The molecule has 12 nitrogen and oxygen atoms in total. The Bertz CT molecular complexity index is 1530. The quantitative estimate of drug-likeness (QED) is 0.207. The van der Waals surface area contributed by atoms with Gasteiger partial charge in [0.05, 0.1) is 29.9 Å². The highest BCUT2D eigenvalue weighted by Crippen LogP contribution is 2.55. The van der Waals surface area contributed by atoms with Crippen molar-refractivity contribution in [2.24, 2.45) is 29.4 Å². The Balaban J connectivity index is 1.70. The van der Waals surface area contributed by atoms with E-state index in [1.54, 1.807) is 37.3 Å². The van der Waals surface area contributed by atoms with Crippen LogP contribution in [0.3, 0.4) is 0 Å². The third-order valence-corrected chi connectivity index (χ3v) is 8.92. The number of hydrogen-bond donors (Lipinski definition) is 4. The second-order valence-corrected chi connectivity index (χ2v) is 11.5. The number of carbonyl (C=O) groups excluding carboxylic acids is 6. The molecule has 6 N–H and O–H groups in total. The molecule has 12 heteroatoms. The van der Waals surface area contributed by atoms with Crippen molar-refractivity contribution in [2.75, 3.05) is 19.8 Å². The zero-order valence-electron chi connectivity index (χ0n) is 23.1. The predicted octanol–water partition coefficient (Wildman–Crippen LogP) is -0.225. The van der Waals surface area contributed by atoms with E-state index in [0.29, 0.717) is 16.8 Å². The lowest BCUT2D eigenvalue weighted by Gasteiger charge is -2.56. The fourth-order valence-corrected chi connectivity index (χ4v) is 7.06. The number of nitrogen functional groups attached to an aromatic ring is 1. The Hall–Kier alpha value is -4.42. The van der Waals surface area contributed by atoms with Gasteiger partial charge in [-0.2, -0.15) is 0 Å². The number of phenolic OH excluding ortho intramolecular Hbond substituents is 1. The van der Waals surface area contributed by atoms with Gasteiger partial charge in [-0.25, -0.2) is 0 Å². The summed E-state index contributed by atoms with van der Waals surface area (Å²) in [5.41, 5.74) is 9.29. The van der Waals surface area contributed by atoms with Gasteiger partial charge in [0.25, 0.3) is 0 Å². The number of carbonyl (C=O) groups is 6. The molecule has 0 aliphatic heterocycles. The van der Waals surface area contributed by atoms with Gasteiger partial charge in [-0.3, -0.25) is 33.7 Å². The lowest BCUT2D eigenvalue weighted by Crippen LogP contribution is -2.78. The maximum absolute atomic E-state index is 14.2. The first-order valence-corrected chi connectivity index (χ1v) is 13.4. The van der Waals surface area contributed by atoms with Crippen molar-refractivity contribution in [3.05, 3.63) is 59.2 Å². The summed E-state index contributed by atoms with van der Waals surface area (Å²) in [6.07, 6.45) is -1.77. The molecular formula is C30H31N3O9. The minimum atomic E-state index is -3.08. The molecule has 220 valence electrons. The molecule has 2 fully saturated rings. The topological polar surface area (TPSA) is 207 Å². The van der Waals surface area contributed by atoms with E-state index in [4.69, 9.17) is 16.2 Å². The molecule has 1 amide bonds. The Morgan fingerprint density at radius 1 is 1.02 bits per heavy atom. The highest BCUT2D eigenvalue weighted by atomic mass is 16.5. The molecule has 42 heavy (non-hydrogen) atoms. The summed E-state index contributed by atoms with van der Waals surface area (Å²) >= 11 is 0. The van der Waals surface area contributed by atoms with Crippen LogP contribution in [0.25, 0.3) is 0 Å². The summed E-state index contributed by atoms with van der Waals surface area (Å²) in [4.78, 5) is 82.4. The summed E-state index contributed by atoms with van der Waals surface area (Å²) in [5.74, 6) is -14.5. The average Bonchev–Trinajstić information content (AvgIpc) is 2.91. The number of likely N-dealkylation sites (N-methyl/N-ethyl adjacent to an activating group) is 1. The van der Waals surface area contributed by atoms with Crippen molar-refractivity contribution in [3.63, 3.8) is 0 Å². The van der Waals surface area contributed by atoms with Crippen LogP contribution in [0.4, 0.5) is 5.69 Å². The van der Waals surface area contributed by atoms with Crippen LogP contribution >= 0.6 is 0 Å². The standard InChI is InChI=1S/C30H31N3O9/c1-12-15-5-4-6-16(34)19(15)24(36)20-18(12)26(42-17(35)11-13-7-9-14(31)10-8-13)22-23(33(2)3)25(37)21(29(32)40)28(39)30(22,41)27(20)38/h4-10,12,18,20-23,26,34,41H,11,31H2,1-3H3,(H2,32,40). The molecule has 0 saturated heterocycles. The van der Waals surface area contributed by atoms with E-state index in [1.165, 1.54) is 31.1 Å². The van der Waals surface area contributed by atoms with E-state index in [9.17, 15) is 39.0 Å². The number of aromatic hydroxyl groups is 1. The maximum Gasteiger partial charge on any atom is 0.310 e. The van der Waals surface area contributed by atoms with Crippen molar-refractivity contribution in [1.82, 2.24) is 4.90 Å². The minimum Gasteiger partial charge on any atom is -0.507 e. The van der Waals surface area contributed by atoms with E-state index >= 15 is 0 Å².